The summed E-state index contributed by atoms with van der Waals surface area (Å²) in [4.78, 5) is 17.0. The summed E-state index contributed by atoms with van der Waals surface area (Å²) in [6, 6.07) is 12.3. The monoisotopic (exact) mass is 351 g/mol. The lowest BCUT2D eigenvalue weighted by Crippen LogP contribution is -2.14. The number of aromatic nitrogens is 3. The molecular weight excluding hydrogens is 336 g/mol. The summed E-state index contributed by atoms with van der Waals surface area (Å²) in [7, 11) is 0. The molecule has 0 saturated heterocycles. The third-order valence-electron chi connectivity index (χ3n) is 4.34. The van der Waals surface area contributed by atoms with Gasteiger partial charge in [0.15, 0.2) is 5.65 Å². The molecular formula is C20H15F2N3O. The number of aromatic amines is 1. The lowest BCUT2D eigenvalue weighted by molar-refractivity contribution is 0.585. The molecule has 4 rings (SSSR count). The largest absolute Gasteiger partial charge is 0.293 e. The highest BCUT2D eigenvalue weighted by Crippen LogP contribution is 2.28. The van der Waals surface area contributed by atoms with Crippen LogP contribution in [0.3, 0.4) is 0 Å². The summed E-state index contributed by atoms with van der Waals surface area (Å²) in [6.45, 7) is 3.84. The molecule has 130 valence electrons. The molecule has 0 aliphatic rings. The average molecular weight is 351 g/mol. The normalized spacial score (nSPS) is 11.2. The van der Waals surface area contributed by atoms with Crippen LogP contribution in [0, 0.1) is 25.5 Å². The molecule has 0 saturated carbocycles. The molecule has 0 atom stereocenters. The molecule has 0 amide bonds. The Morgan fingerprint density at radius 2 is 1.73 bits per heavy atom. The van der Waals surface area contributed by atoms with Crippen LogP contribution in [0.15, 0.2) is 53.3 Å². The molecule has 4 nitrogen and oxygen atoms in total. The molecule has 0 bridgehead atoms. The highest BCUT2D eigenvalue weighted by Gasteiger charge is 2.16. The molecule has 0 spiro atoms. The van der Waals surface area contributed by atoms with Crippen LogP contribution in [0.1, 0.15) is 11.3 Å². The van der Waals surface area contributed by atoms with Crippen molar-refractivity contribution in [2.24, 2.45) is 0 Å². The van der Waals surface area contributed by atoms with E-state index in [2.05, 4.69) is 10.1 Å². The van der Waals surface area contributed by atoms with Gasteiger partial charge >= 0.3 is 0 Å². The Morgan fingerprint density at radius 3 is 2.42 bits per heavy atom. The predicted octanol–water partition coefficient (Wildman–Crippen LogP) is 4.25. The fourth-order valence-corrected chi connectivity index (χ4v) is 3.05. The second kappa shape index (κ2) is 5.91. The molecule has 4 aromatic rings. The van der Waals surface area contributed by atoms with Crippen LogP contribution in [0.25, 0.3) is 28.0 Å². The predicted molar refractivity (Wildman–Crippen MR) is 96.1 cm³/mol. The number of hydrogen-bond donors (Lipinski definition) is 1. The van der Waals surface area contributed by atoms with E-state index in [-0.39, 0.29) is 16.8 Å². The third-order valence-corrected chi connectivity index (χ3v) is 4.34. The van der Waals surface area contributed by atoms with Gasteiger partial charge < -0.3 is 0 Å². The molecule has 0 unspecified atom stereocenters. The minimum Gasteiger partial charge on any atom is -0.293 e. The first-order valence-corrected chi connectivity index (χ1v) is 8.09. The zero-order valence-corrected chi connectivity index (χ0v) is 14.2. The van der Waals surface area contributed by atoms with Crippen molar-refractivity contribution in [1.82, 2.24) is 14.6 Å². The van der Waals surface area contributed by atoms with Gasteiger partial charge in [0.05, 0.1) is 5.69 Å². The van der Waals surface area contributed by atoms with Crippen LogP contribution in [0.2, 0.25) is 0 Å². The first-order chi connectivity index (χ1) is 12.4. The van der Waals surface area contributed by atoms with E-state index in [0.29, 0.717) is 5.65 Å². The van der Waals surface area contributed by atoms with E-state index in [1.807, 2.05) is 38.1 Å². The summed E-state index contributed by atoms with van der Waals surface area (Å²) in [5.74, 6) is -1.44. The number of nitrogens with zero attached hydrogens (tertiary/aromatic N) is 2. The number of H-pyrrole nitrogens is 1. The van der Waals surface area contributed by atoms with E-state index in [4.69, 9.17) is 0 Å². The molecule has 0 radical (unpaired) electrons. The first-order valence-electron chi connectivity index (χ1n) is 8.09. The third kappa shape index (κ3) is 2.60. The van der Waals surface area contributed by atoms with Gasteiger partial charge in [-0.15, -0.1) is 0 Å². The minimum absolute atomic E-state index is 0.0831. The summed E-state index contributed by atoms with van der Waals surface area (Å²) in [5.41, 5.74) is 3.84. The highest BCUT2D eigenvalue weighted by atomic mass is 19.1. The van der Waals surface area contributed by atoms with Crippen molar-refractivity contribution in [3.05, 3.63) is 81.8 Å². The Labute approximate surface area is 147 Å². The number of hydrogen-bond acceptors (Lipinski definition) is 2. The smallest absolute Gasteiger partial charge is 0.273 e. The van der Waals surface area contributed by atoms with Gasteiger partial charge in [0.25, 0.3) is 5.56 Å². The number of rotatable bonds is 2. The molecule has 2 aromatic heterocycles. The van der Waals surface area contributed by atoms with E-state index in [9.17, 15) is 13.6 Å². The van der Waals surface area contributed by atoms with Gasteiger partial charge in [0, 0.05) is 29.0 Å². The van der Waals surface area contributed by atoms with Gasteiger partial charge in [-0.2, -0.15) is 0 Å². The second-order valence-electron chi connectivity index (χ2n) is 6.24. The number of halogens is 2. The molecule has 26 heavy (non-hydrogen) atoms. The fourth-order valence-electron chi connectivity index (χ4n) is 3.05. The van der Waals surface area contributed by atoms with Crippen molar-refractivity contribution in [1.29, 1.82) is 0 Å². The highest BCUT2D eigenvalue weighted by molar-refractivity contribution is 5.81. The Balaban J connectivity index is 2.00. The van der Waals surface area contributed by atoms with Crippen LogP contribution >= 0.6 is 0 Å². The Kier molecular flexibility index (Phi) is 3.68. The SMILES string of the molecule is Cc1ccc(-c2c(C)[nH]n3c(=O)cc(-c4ccc(F)cc4F)nc23)cc1. The molecule has 6 heteroatoms. The van der Waals surface area contributed by atoms with Crippen molar-refractivity contribution in [2.75, 3.05) is 0 Å². The van der Waals surface area contributed by atoms with Gasteiger partial charge in [0.1, 0.15) is 11.6 Å². The lowest BCUT2D eigenvalue weighted by atomic mass is 10.0. The van der Waals surface area contributed by atoms with E-state index in [1.54, 1.807) is 0 Å². The second-order valence-corrected chi connectivity index (χ2v) is 6.24. The molecule has 1 N–H and O–H groups in total. The Morgan fingerprint density at radius 1 is 1.00 bits per heavy atom. The van der Waals surface area contributed by atoms with Gasteiger partial charge in [-0.05, 0) is 31.5 Å². The minimum atomic E-state index is -0.759. The van der Waals surface area contributed by atoms with Crippen molar-refractivity contribution < 1.29 is 8.78 Å². The fraction of sp³-hybridized carbons (Fsp3) is 0.100. The molecule has 2 aromatic carbocycles. The van der Waals surface area contributed by atoms with Crippen molar-refractivity contribution >= 4 is 5.65 Å². The molecule has 0 fully saturated rings. The summed E-state index contributed by atoms with van der Waals surface area (Å²) >= 11 is 0. The summed E-state index contributed by atoms with van der Waals surface area (Å²) in [6.07, 6.45) is 0. The van der Waals surface area contributed by atoms with Gasteiger partial charge in [-0.25, -0.2) is 18.3 Å². The van der Waals surface area contributed by atoms with E-state index >= 15 is 0 Å². The van der Waals surface area contributed by atoms with Crippen molar-refractivity contribution in [3.63, 3.8) is 0 Å². The quantitative estimate of drug-likeness (QED) is 0.587. The van der Waals surface area contributed by atoms with Crippen LogP contribution in [0.5, 0.6) is 0 Å². The Bertz CT molecular complexity index is 1190. The maximum Gasteiger partial charge on any atom is 0.273 e. The average Bonchev–Trinajstić information content (AvgIpc) is 2.92. The van der Waals surface area contributed by atoms with E-state index < -0.39 is 11.6 Å². The van der Waals surface area contributed by atoms with Crippen LogP contribution < -0.4 is 5.56 Å². The van der Waals surface area contributed by atoms with Crippen LogP contribution in [0.4, 0.5) is 8.78 Å². The number of aryl methyl sites for hydroxylation is 2. The lowest BCUT2D eigenvalue weighted by Gasteiger charge is -2.05. The zero-order valence-electron chi connectivity index (χ0n) is 14.2. The summed E-state index contributed by atoms with van der Waals surface area (Å²) in [5, 5.41) is 3.00. The van der Waals surface area contributed by atoms with Crippen LogP contribution in [-0.2, 0) is 0 Å². The number of nitrogens with one attached hydrogen (secondary N) is 1. The van der Waals surface area contributed by atoms with E-state index in [0.717, 1.165) is 34.5 Å². The maximum atomic E-state index is 14.1. The topological polar surface area (TPSA) is 50.2 Å². The van der Waals surface area contributed by atoms with Gasteiger partial charge in [-0.1, -0.05) is 29.8 Å². The van der Waals surface area contributed by atoms with Gasteiger partial charge in [0.2, 0.25) is 0 Å². The van der Waals surface area contributed by atoms with Crippen LogP contribution in [-0.4, -0.2) is 14.6 Å². The first kappa shape index (κ1) is 16.2. The Hall–Kier alpha value is -3.28. The molecule has 0 aliphatic heterocycles. The molecule has 0 aliphatic carbocycles. The number of benzene rings is 2. The number of fused-ring (bicyclic) bond motifs is 1. The van der Waals surface area contributed by atoms with Gasteiger partial charge in [-0.3, -0.25) is 9.89 Å². The van der Waals surface area contributed by atoms with Crippen molar-refractivity contribution in [3.8, 4) is 22.4 Å². The maximum absolute atomic E-state index is 14.1. The summed E-state index contributed by atoms with van der Waals surface area (Å²) < 4.78 is 28.7. The van der Waals surface area contributed by atoms with E-state index in [1.165, 1.54) is 16.6 Å². The zero-order chi connectivity index (χ0) is 18.4. The molecule has 2 heterocycles. The van der Waals surface area contributed by atoms with Crippen molar-refractivity contribution in [2.45, 2.75) is 13.8 Å². The standard InChI is InChI=1S/C20H15F2N3O/c1-11-3-5-13(6-4-11)19-12(2)24-25-18(26)10-17(23-20(19)25)15-8-7-14(21)9-16(15)22/h3-10,24H,1-2H3.